The van der Waals surface area contributed by atoms with Crippen molar-refractivity contribution >= 4 is 5.91 Å². The number of aromatic hydroxyl groups is 1. The van der Waals surface area contributed by atoms with Crippen molar-refractivity contribution in [3.63, 3.8) is 0 Å². The molecule has 0 aliphatic rings. The Balaban J connectivity index is 2.82. The first kappa shape index (κ1) is 13.4. The van der Waals surface area contributed by atoms with Gasteiger partial charge in [0.1, 0.15) is 5.75 Å². The van der Waals surface area contributed by atoms with Gasteiger partial charge in [-0.2, -0.15) is 0 Å². The Bertz CT molecular complexity index is 395. The van der Waals surface area contributed by atoms with Gasteiger partial charge in [-0.25, -0.2) is 4.98 Å². The highest BCUT2D eigenvalue weighted by atomic mass is 16.3. The third-order valence-electron chi connectivity index (χ3n) is 2.57. The molecule has 0 fully saturated rings. The first-order chi connectivity index (χ1) is 8.02. The van der Waals surface area contributed by atoms with Crippen LogP contribution in [0.3, 0.4) is 0 Å². The van der Waals surface area contributed by atoms with Gasteiger partial charge in [-0.3, -0.25) is 4.79 Å². The number of rotatable bonds is 5. The van der Waals surface area contributed by atoms with Gasteiger partial charge in [0, 0.05) is 6.20 Å². The molecule has 3 N–H and O–H groups in total. The molecule has 1 aromatic rings. The molecule has 0 radical (unpaired) electrons. The van der Waals surface area contributed by atoms with Gasteiger partial charge in [-0.15, -0.1) is 0 Å². The van der Waals surface area contributed by atoms with Crippen LogP contribution in [-0.2, 0) is 0 Å². The predicted molar refractivity (Wildman–Crippen MR) is 63.8 cm³/mol. The average molecular weight is 238 g/mol. The highest BCUT2D eigenvalue weighted by Gasteiger charge is 2.26. The molecule has 1 rings (SSSR count). The van der Waals surface area contributed by atoms with Crippen molar-refractivity contribution in [1.29, 1.82) is 0 Å². The third-order valence-corrected chi connectivity index (χ3v) is 2.57. The monoisotopic (exact) mass is 238 g/mol. The highest BCUT2D eigenvalue weighted by molar-refractivity contribution is 5.95. The van der Waals surface area contributed by atoms with Crippen molar-refractivity contribution in [2.45, 2.75) is 32.2 Å². The Morgan fingerprint density at radius 2 is 2.29 bits per heavy atom. The number of hydrogen-bond donors (Lipinski definition) is 3. The molecule has 1 heterocycles. The zero-order valence-corrected chi connectivity index (χ0v) is 10.1. The molecule has 0 aliphatic carbocycles. The fourth-order valence-corrected chi connectivity index (χ4v) is 1.64. The minimum absolute atomic E-state index is 0.0247. The molecular weight excluding hydrogens is 220 g/mol. The Hall–Kier alpha value is -1.62. The van der Waals surface area contributed by atoms with Crippen LogP contribution in [0.1, 0.15) is 37.2 Å². The maximum atomic E-state index is 11.9. The molecule has 5 nitrogen and oxygen atoms in total. The second-order valence-electron chi connectivity index (χ2n) is 4.29. The van der Waals surface area contributed by atoms with E-state index in [0.717, 1.165) is 6.42 Å². The lowest BCUT2D eigenvalue weighted by Crippen LogP contribution is -2.49. The number of aromatic nitrogens is 1. The largest absolute Gasteiger partial charge is 0.505 e. The number of pyridine rings is 1. The average Bonchev–Trinajstić information content (AvgIpc) is 2.29. The number of carbonyl (C=O) groups is 1. The molecule has 0 spiro atoms. The number of nitrogens with zero attached hydrogens (tertiary/aromatic N) is 1. The number of aliphatic hydroxyl groups is 1. The maximum Gasteiger partial charge on any atom is 0.274 e. The summed E-state index contributed by atoms with van der Waals surface area (Å²) < 4.78 is 0. The topological polar surface area (TPSA) is 82.5 Å². The highest BCUT2D eigenvalue weighted by Crippen LogP contribution is 2.16. The quantitative estimate of drug-likeness (QED) is 0.716. The number of aliphatic hydroxyl groups excluding tert-OH is 1. The molecule has 0 bridgehead atoms. The summed E-state index contributed by atoms with van der Waals surface area (Å²) in [5.41, 5.74) is -0.709. The maximum absolute atomic E-state index is 11.9. The summed E-state index contributed by atoms with van der Waals surface area (Å²) >= 11 is 0. The van der Waals surface area contributed by atoms with Crippen molar-refractivity contribution in [2.75, 3.05) is 6.61 Å². The second kappa shape index (κ2) is 5.63. The summed E-state index contributed by atoms with van der Waals surface area (Å²) in [4.78, 5) is 15.7. The molecule has 5 heteroatoms. The third kappa shape index (κ3) is 3.42. The minimum Gasteiger partial charge on any atom is -0.505 e. The van der Waals surface area contributed by atoms with Crippen LogP contribution in [0.15, 0.2) is 18.3 Å². The smallest absolute Gasteiger partial charge is 0.274 e. The first-order valence-electron chi connectivity index (χ1n) is 5.60. The van der Waals surface area contributed by atoms with E-state index in [1.54, 1.807) is 13.0 Å². The molecule has 94 valence electrons. The van der Waals surface area contributed by atoms with E-state index in [0.29, 0.717) is 6.42 Å². The fourth-order valence-electron chi connectivity index (χ4n) is 1.64. The second-order valence-corrected chi connectivity index (χ2v) is 4.29. The molecule has 1 amide bonds. The normalized spacial score (nSPS) is 14.1. The van der Waals surface area contributed by atoms with Crippen LogP contribution < -0.4 is 5.32 Å². The van der Waals surface area contributed by atoms with Gasteiger partial charge in [0.05, 0.1) is 12.1 Å². The number of hydrogen-bond acceptors (Lipinski definition) is 4. The summed E-state index contributed by atoms with van der Waals surface area (Å²) in [6.45, 7) is 3.58. The molecule has 0 unspecified atom stereocenters. The summed E-state index contributed by atoms with van der Waals surface area (Å²) in [7, 11) is 0. The Labute approximate surface area is 101 Å². The van der Waals surface area contributed by atoms with E-state index in [4.69, 9.17) is 0 Å². The molecule has 17 heavy (non-hydrogen) atoms. The van der Waals surface area contributed by atoms with Crippen molar-refractivity contribution in [2.24, 2.45) is 0 Å². The number of amides is 1. The molecule has 0 saturated carbocycles. The summed E-state index contributed by atoms with van der Waals surface area (Å²) in [5, 5.41) is 21.5. The lowest BCUT2D eigenvalue weighted by atomic mass is 9.97. The summed E-state index contributed by atoms with van der Waals surface area (Å²) in [6.07, 6.45) is 2.93. The van der Waals surface area contributed by atoms with Crippen LogP contribution in [0, 0.1) is 0 Å². The summed E-state index contributed by atoms with van der Waals surface area (Å²) in [5.74, 6) is -0.644. The van der Waals surface area contributed by atoms with E-state index < -0.39 is 11.4 Å². The molecule has 1 aromatic heterocycles. The van der Waals surface area contributed by atoms with Gasteiger partial charge in [0.2, 0.25) is 0 Å². The van der Waals surface area contributed by atoms with Crippen LogP contribution in [0.25, 0.3) is 0 Å². The molecule has 1 atom stereocenters. The van der Waals surface area contributed by atoms with Crippen molar-refractivity contribution < 1.29 is 15.0 Å². The van der Waals surface area contributed by atoms with Gasteiger partial charge in [0.15, 0.2) is 5.69 Å². The molecular formula is C12H18N2O3. The van der Waals surface area contributed by atoms with Crippen molar-refractivity contribution in [3.05, 3.63) is 24.0 Å². The van der Waals surface area contributed by atoms with Gasteiger partial charge < -0.3 is 15.5 Å². The molecule has 0 aliphatic heterocycles. The van der Waals surface area contributed by atoms with E-state index >= 15 is 0 Å². The van der Waals surface area contributed by atoms with Gasteiger partial charge in [-0.05, 0) is 25.5 Å². The minimum atomic E-state index is -0.685. The summed E-state index contributed by atoms with van der Waals surface area (Å²) in [6, 6.07) is 2.95. The molecule has 0 aromatic carbocycles. The van der Waals surface area contributed by atoms with Crippen molar-refractivity contribution in [1.82, 2.24) is 10.3 Å². The Morgan fingerprint density at radius 1 is 1.59 bits per heavy atom. The first-order valence-corrected chi connectivity index (χ1v) is 5.60. The van der Waals surface area contributed by atoms with E-state index in [1.165, 1.54) is 12.3 Å². The van der Waals surface area contributed by atoms with E-state index in [2.05, 4.69) is 10.3 Å². The zero-order valence-electron chi connectivity index (χ0n) is 10.1. The van der Waals surface area contributed by atoms with Crippen molar-refractivity contribution in [3.8, 4) is 5.75 Å². The van der Waals surface area contributed by atoms with E-state index in [-0.39, 0.29) is 18.1 Å². The van der Waals surface area contributed by atoms with E-state index in [9.17, 15) is 15.0 Å². The lowest BCUT2D eigenvalue weighted by molar-refractivity contribution is 0.0833. The van der Waals surface area contributed by atoms with Crippen LogP contribution in [-0.4, -0.2) is 33.3 Å². The number of carbonyl (C=O) groups excluding carboxylic acids is 1. The van der Waals surface area contributed by atoms with Crippen LogP contribution in [0.5, 0.6) is 5.75 Å². The van der Waals surface area contributed by atoms with Crippen LogP contribution >= 0.6 is 0 Å². The van der Waals surface area contributed by atoms with Gasteiger partial charge in [-0.1, -0.05) is 13.3 Å². The standard InChI is InChI=1S/C12H18N2O3/c1-3-6-12(2,8-15)14-11(17)10-9(16)5-4-7-13-10/h4-5,7,15-16H,3,6,8H2,1-2H3,(H,14,17)/t12-/m0/s1. The Morgan fingerprint density at radius 3 is 2.82 bits per heavy atom. The lowest BCUT2D eigenvalue weighted by Gasteiger charge is -2.28. The van der Waals surface area contributed by atoms with Crippen LogP contribution in [0.2, 0.25) is 0 Å². The SMILES string of the molecule is CCC[C@@](C)(CO)NC(=O)c1ncccc1O. The van der Waals surface area contributed by atoms with E-state index in [1.807, 2.05) is 6.92 Å². The molecule has 0 saturated heterocycles. The van der Waals surface area contributed by atoms with Gasteiger partial charge in [0.25, 0.3) is 5.91 Å². The number of nitrogens with one attached hydrogen (secondary N) is 1. The Kier molecular flexibility index (Phi) is 4.45. The fraction of sp³-hybridized carbons (Fsp3) is 0.500. The predicted octanol–water partition coefficient (Wildman–Crippen LogP) is 1.07. The zero-order chi connectivity index (χ0) is 12.9. The van der Waals surface area contributed by atoms with Gasteiger partial charge >= 0.3 is 0 Å². The van der Waals surface area contributed by atoms with Crippen LogP contribution in [0.4, 0.5) is 0 Å².